The van der Waals surface area contributed by atoms with Gasteiger partial charge in [-0.15, -0.1) is 0 Å². The number of amides is 1. The summed E-state index contributed by atoms with van der Waals surface area (Å²) in [5.41, 5.74) is 1.19. The van der Waals surface area contributed by atoms with Crippen LogP contribution in [0.25, 0.3) is 0 Å². The molecule has 1 aromatic rings. The van der Waals surface area contributed by atoms with Crippen molar-refractivity contribution in [3.63, 3.8) is 0 Å². The molecule has 0 saturated heterocycles. The third-order valence-electron chi connectivity index (χ3n) is 3.21. The Kier molecular flexibility index (Phi) is 6.20. The van der Waals surface area contributed by atoms with Gasteiger partial charge in [-0.2, -0.15) is 0 Å². The van der Waals surface area contributed by atoms with Crippen molar-refractivity contribution < 1.29 is 9.90 Å². The van der Waals surface area contributed by atoms with Gasteiger partial charge in [0.1, 0.15) is 0 Å². The Bertz CT molecular complexity index is 513. The summed E-state index contributed by atoms with van der Waals surface area (Å²) < 4.78 is 0. The van der Waals surface area contributed by atoms with E-state index in [0.717, 1.165) is 6.42 Å². The number of carbonyl (C=O) groups excluding carboxylic acids is 1. The van der Waals surface area contributed by atoms with Gasteiger partial charge in [0.15, 0.2) is 0 Å². The largest absolute Gasteiger partial charge is 0.395 e. The van der Waals surface area contributed by atoms with Crippen LogP contribution in [-0.2, 0) is 0 Å². The Morgan fingerprint density at radius 2 is 2.25 bits per heavy atom. The van der Waals surface area contributed by atoms with E-state index in [-0.39, 0.29) is 17.9 Å². The van der Waals surface area contributed by atoms with Crippen molar-refractivity contribution in [3.05, 3.63) is 29.6 Å². The van der Waals surface area contributed by atoms with E-state index in [4.69, 9.17) is 5.11 Å². The van der Waals surface area contributed by atoms with Gasteiger partial charge in [-0.3, -0.25) is 9.78 Å². The van der Waals surface area contributed by atoms with E-state index in [1.807, 2.05) is 0 Å². The van der Waals surface area contributed by atoms with Crippen molar-refractivity contribution in [3.8, 4) is 11.8 Å². The monoisotopic (exact) mass is 274 g/mol. The maximum Gasteiger partial charge on any atom is 0.252 e. The van der Waals surface area contributed by atoms with Gasteiger partial charge in [-0.25, -0.2) is 0 Å². The minimum absolute atomic E-state index is 0.0134. The summed E-state index contributed by atoms with van der Waals surface area (Å²) in [6, 6.07) is 1.66. The van der Waals surface area contributed by atoms with E-state index in [1.54, 1.807) is 18.5 Å². The number of hydrogen-bond acceptors (Lipinski definition) is 3. The molecule has 0 spiro atoms. The maximum atomic E-state index is 12.2. The molecule has 108 valence electrons. The van der Waals surface area contributed by atoms with Crippen LogP contribution in [0.4, 0.5) is 0 Å². The molecule has 4 nitrogen and oxygen atoms in total. The molecule has 1 aromatic heterocycles. The molecule has 20 heavy (non-hydrogen) atoms. The average molecular weight is 274 g/mol. The summed E-state index contributed by atoms with van der Waals surface area (Å²) in [5.74, 6) is 5.55. The van der Waals surface area contributed by atoms with Crippen LogP contribution in [0.15, 0.2) is 18.5 Å². The number of nitrogens with one attached hydrogen (secondary N) is 1. The minimum Gasteiger partial charge on any atom is -0.395 e. The molecule has 1 rings (SSSR count). The molecular weight excluding hydrogens is 252 g/mol. The first-order valence-corrected chi connectivity index (χ1v) is 6.82. The fourth-order valence-electron chi connectivity index (χ4n) is 1.45. The highest BCUT2D eigenvalue weighted by atomic mass is 16.2. The van der Waals surface area contributed by atoms with Gasteiger partial charge in [-0.1, -0.05) is 32.6 Å². The highest BCUT2D eigenvalue weighted by molar-refractivity contribution is 5.96. The third-order valence-corrected chi connectivity index (χ3v) is 3.21. The number of carbonyl (C=O) groups is 1. The normalized spacial score (nSPS) is 10.6. The zero-order valence-corrected chi connectivity index (χ0v) is 12.4. The Labute approximate surface area is 120 Å². The van der Waals surface area contributed by atoms with E-state index in [2.05, 4.69) is 42.9 Å². The smallest absolute Gasteiger partial charge is 0.252 e. The lowest BCUT2D eigenvalue weighted by atomic mass is 9.90. The highest BCUT2D eigenvalue weighted by Crippen LogP contribution is 2.18. The molecule has 0 radical (unpaired) electrons. The Hall–Kier alpha value is -1.86. The Balaban J connectivity index is 2.81. The van der Waals surface area contributed by atoms with Gasteiger partial charge in [0.2, 0.25) is 0 Å². The zero-order chi connectivity index (χ0) is 15.0. The molecule has 0 aliphatic rings. The predicted octanol–water partition coefficient (Wildman–Crippen LogP) is 1.98. The summed E-state index contributed by atoms with van der Waals surface area (Å²) in [6.07, 6.45) is 4.53. The third kappa shape index (κ3) is 5.02. The molecule has 0 fully saturated rings. The summed E-state index contributed by atoms with van der Waals surface area (Å²) in [6.45, 7) is 6.96. The van der Waals surface area contributed by atoms with Crippen LogP contribution in [-0.4, -0.2) is 29.1 Å². The fourth-order valence-corrected chi connectivity index (χ4v) is 1.45. The Morgan fingerprint density at radius 1 is 1.50 bits per heavy atom. The average Bonchev–Trinajstić information content (AvgIpc) is 2.46. The van der Waals surface area contributed by atoms with Gasteiger partial charge in [0, 0.05) is 25.4 Å². The van der Waals surface area contributed by atoms with E-state index in [9.17, 15) is 4.79 Å². The standard InChI is InChI=1S/C16H22N2O2/c1-4-16(2,3)12-18-15(20)14-8-9-17-11-13(14)7-5-6-10-19/h8-9,11,19H,4,6,10,12H2,1-3H3,(H,18,20). The second-order valence-corrected chi connectivity index (χ2v) is 5.40. The second kappa shape index (κ2) is 7.66. The highest BCUT2D eigenvalue weighted by Gasteiger charge is 2.17. The van der Waals surface area contributed by atoms with Crippen molar-refractivity contribution in [1.82, 2.24) is 10.3 Å². The second-order valence-electron chi connectivity index (χ2n) is 5.40. The lowest BCUT2D eigenvalue weighted by Crippen LogP contribution is -2.34. The van der Waals surface area contributed by atoms with E-state index < -0.39 is 0 Å². The summed E-state index contributed by atoms with van der Waals surface area (Å²) >= 11 is 0. The number of hydrogen-bond donors (Lipinski definition) is 2. The van der Waals surface area contributed by atoms with Gasteiger partial charge in [0.05, 0.1) is 17.7 Å². The first-order chi connectivity index (χ1) is 9.50. The molecule has 0 saturated carbocycles. The lowest BCUT2D eigenvalue weighted by molar-refractivity contribution is 0.0935. The van der Waals surface area contributed by atoms with Crippen molar-refractivity contribution in [2.24, 2.45) is 5.41 Å². The lowest BCUT2D eigenvalue weighted by Gasteiger charge is -2.22. The molecule has 2 N–H and O–H groups in total. The first-order valence-electron chi connectivity index (χ1n) is 6.82. The Morgan fingerprint density at radius 3 is 2.90 bits per heavy atom. The molecule has 1 heterocycles. The van der Waals surface area contributed by atoms with Crippen molar-refractivity contribution in [1.29, 1.82) is 0 Å². The van der Waals surface area contributed by atoms with Crippen LogP contribution < -0.4 is 5.32 Å². The summed E-state index contributed by atoms with van der Waals surface area (Å²) in [4.78, 5) is 16.2. The molecule has 0 atom stereocenters. The minimum atomic E-state index is -0.137. The van der Waals surface area contributed by atoms with Crippen LogP contribution in [0, 0.1) is 17.3 Å². The molecule has 0 aliphatic heterocycles. The van der Waals surface area contributed by atoms with Gasteiger partial charge in [-0.05, 0) is 17.9 Å². The topological polar surface area (TPSA) is 62.2 Å². The van der Waals surface area contributed by atoms with Gasteiger partial charge >= 0.3 is 0 Å². The number of rotatable bonds is 5. The number of nitrogens with zero attached hydrogens (tertiary/aromatic N) is 1. The van der Waals surface area contributed by atoms with Crippen molar-refractivity contribution in [2.75, 3.05) is 13.2 Å². The molecule has 4 heteroatoms. The fraction of sp³-hybridized carbons (Fsp3) is 0.500. The summed E-state index contributed by atoms with van der Waals surface area (Å²) in [5, 5.41) is 11.7. The maximum absolute atomic E-state index is 12.2. The summed E-state index contributed by atoms with van der Waals surface area (Å²) in [7, 11) is 0. The van der Waals surface area contributed by atoms with Crippen molar-refractivity contribution in [2.45, 2.75) is 33.6 Å². The van der Waals surface area contributed by atoms with Crippen LogP contribution in [0.2, 0.25) is 0 Å². The molecule has 1 amide bonds. The van der Waals surface area contributed by atoms with Crippen LogP contribution in [0.1, 0.15) is 49.5 Å². The molecule has 0 aliphatic carbocycles. The van der Waals surface area contributed by atoms with E-state index in [1.165, 1.54) is 0 Å². The number of aliphatic hydroxyl groups is 1. The van der Waals surface area contributed by atoms with Crippen LogP contribution in [0.3, 0.4) is 0 Å². The quantitative estimate of drug-likeness (QED) is 0.807. The van der Waals surface area contributed by atoms with Crippen LogP contribution in [0.5, 0.6) is 0 Å². The molecular formula is C16H22N2O2. The molecule has 0 aromatic carbocycles. The number of aliphatic hydroxyl groups excluding tert-OH is 1. The zero-order valence-electron chi connectivity index (χ0n) is 12.4. The SMILES string of the molecule is CCC(C)(C)CNC(=O)c1ccncc1C#CCCO. The van der Waals surface area contributed by atoms with E-state index in [0.29, 0.717) is 24.1 Å². The predicted molar refractivity (Wildman–Crippen MR) is 79.2 cm³/mol. The van der Waals surface area contributed by atoms with Gasteiger partial charge in [0.25, 0.3) is 5.91 Å². The van der Waals surface area contributed by atoms with E-state index >= 15 is 0 Å². The first kappa shape index (κ1) is 16.2. The van der Waals surface area contributed by atoms with Gasteiger partial charge < -0.3 is 10.4 Å². The molecule has 0 unspecified atom stereocenters. The molecule has 0 bridgehead atoms. The van der Waals surface area contributed by atoms with Crippen molar-refractivity contribution >= 4 is 5.91 Å². The van der Waals surface area contributed by atoms with Crippen LogP contribution >= 0.6 is 0 Å². The number of aromatic nitrogens is 1. The number of pyridine rings is 1.